The molecule has 1 amide bonds. The van der Waals surface area contributed by atoms with Crippen LogP contribution in [0.25, 0.3) is 4.85 Å². The van der Waals surface area contributed by atoms with E-state index in [0.29, 0.717) is 5.92 Å². The SMILES string of the molecule is [C-]#[N+]C1(Cc2ccc(CC3CCN(C(=O)OC(C)(C)C)CC3)cc2)CCC1. The number of piperidine rings is 1. The van der Waals surface area contributed by atoms with Crippen LogP contribution in [-0.2, 0) is 17.6 Å². The number of ether oxygens (including phenoxy) is 1. The van der Waals surface area contributed by atoms with Crippen molar-refractivity contribution in [3.63, 3.8) is 0 Å². The van der Waals surface area contributed by atoms with Crippen molar-refractivity contribution < 1.29 is 9.53 Å². The number of nitrogens with zero attached hydrogens (tertiary/aromatic N) is 2. The number of rotatable bonds is 4. The monoisotopic (exact) mass is 368 g/mol. The molecule has 4 nitrogen and oxygen atoms in total. The minimum absolute atomic E-state index is 0.115. The largest absolute Gasteiger partial charge is 0.444 e. The van der Waals surface area contributed by atoms with Crippen LogP contribution in [-0.4, -0.2) is 35.2 Å². The molecule has 3 rings (SSSR count). The summed E-state index contributed by atoms with van der Waals surface area (Å²) in [6.45, 7) is 14.7. The van der Waals surface area contributed by atoms with Crippen molar-refractivity contribution in [3.8, 4) is 0 Å². The van der Waals surface area contributed by atoms with Gasteiger partial charge in [-0.05, 0) is 63.5 Å². The highest BCUT2D eigenvalue weighted by molar-refractivity contribution is 5.68. The van der Waals surface area contributed by atoms with E-state index in [-0.39, 0.29) is 11.6 Å². The van der Waals surface area contributed by atoms with Crippen LogP contribution in [0.4, 0.5) is 4.79 Å². The van der Waals surface area contributed by atoms with E-state index in [9.17, 15) is 4.79 Å². The lowest BCUT2D eigenvalue weighted by molar-refractivity contribution is 0.0184. The number of hydrogen-bond donors (Lipinski definition) is 0. The quantitative estimate of drug-likeness (QED) is 0.679. The molecule has 0 bridgehead atoms. The van der Waals surface area contributed by atoms with E-state index in [1.54, 1.807) is 0 Å². The van der Waals surface area contributed by atoms with Crippen molar-refractivity contribution in [1.82, 2.24) is 4.90 Å². The zero-order valence-corrected chi connectivity index (χ0v) is 17.0. The Morgan fingerprint density at radius 1 is 1.19 bits per heavy atom. The molecule has 1 aliphatic heterocycles. The molecule has 0 atom stereocenters. The smallest absolute Gasteiger partial charge is 0.410 e. The molecule has 1 aliphatic carbocycles. The van der Waals surface area contributed by atoms with Gasteiger partial charge in [-0.2, -0.15) is 0 Å². The Morgan fingerprint density at radius 3 is 2.26 bits per heavy atom. The Kier molecular flexibility index (Phi) is 5.79. The summed E-state index contributed by atoms with van der Waals surface area (Å²) in [7, 11) is 0. The second kappa shape index (κ2) is 7.92. The molecule has 1 aromatic carbocycles. The average molecular weight is 369 g/mol. The van der Waals surface area contributed by atoms with Crippen LogP contribution < -0.4 is 0 Å². The van der Waals surface area contributed by atoms with Crippen LogP contribution >= 0.6 is 0 Å². The molecule has 1 heterocycles. The predicted molar refractivity (Wildman–Crippen MR) is 108 cm³/mol. The molecule has 4 heteroatoms. The first-order chi connectivity index (χ1) is 12.8. The summed E-state index contributed by atoms with van der Waals surface area (Å²) in [4.78, 5) is 17.9. The van der Waals surface area contributed by atoms with Gasteiger partial charge in [0.05, 0.1) is 6.42 Å². The molecule has 0 aromatic heterocycles. The normalized spacial score (nSPS) is 19.9. The van der Waals surface area contributed by atoms with Gasteiger partial charge in [0.1, 0.15) is 5.60 Å². The summed E-state index contributed by atoms with van der Waals surface area (Å²) in [5.41, 5.74) is 2.10. The Hall–Kier alpha value is -2.02. The predicted octanol–water partition coefficient (Wildman–Crippen LogP) is 5.26. The topological polar surface area (TPSA) is 33.9 Å². The molecule has 0 spiro atoms. The van der Waals surface area contributed by atoms with Crippen LogP contribution in [0, 0.1) is 12.5 Å². The first-order valence-corrected chi connectivity index (χ1v) is 10.2. The summed E-state index contributed by atoms with van der Waals surface area (Å²) in [5.74, 6) is 0.621. The van der Waals surface area contributed by atoms with Gasteiger partial charge in [0, 0.05) is 25.9 Å². The highest BCUT2D eigenvalue weighted by atomic mass is 16.6. The summed E-state index contributed by atoms with van der Waals surface area (Å²) in [5, 5.41) is 0. The number of likely N-dealkylation sites (tertiary alicyclic amines) is 1. The molecule has 0 radical (unpaired) electrons. The summed E-state index contributed by atoms with van der Waals surface area (Å²) >= 11 is 0. The second-order valence-electron chi connectivity index (χ2n) is 9.30. The lowest BCUT2D eigenvalue weighted by atomic mass is 9.73. The molecular formula is C23H32N2O2. The van der Waals surface area contributed by atoms with E-state index in [1.807, 2.05) is 25.7 Å². The van der Waals surface area contributed by atoms with E-state index in [2.05, 4.69) is 29.1 Å². The number of carbonyl (C=O) groups is 1. The van der Waals surface area contributed by atoms with Gasteiger partial charge in [-0.3, -0.25) is 0 Å². The highest BCUT2D eigenvalue weighted by Crippen LogP contribution is 2.38. The number of carbonyl (C=O) groups excluding carboxylic acids is 1. The molecule has 2 fully saturated rings. The van der Waals surface area contributed by atoms with Gasteiger partial charge in [0.15, 0.2) is 0 Å². The Labute approximate surface area is 163 Å². The van der Waals surface area contributed by atoms with Crippen molar-refractivity contribution in [1.29, 1.82) is 0 Å². The fourth-order valence-corrected chi connectivity index (χ4v) is 4.07. The van der Waals surface area contributed by atoms with Gasteiger partial charge in [0.25, 0.3) is 0 Å². The number of amides is 1. The maximum atomic E-state index is 12.2. The van der Waals surface area contributed by atoms with E-state index < -0.39 is 5.60 Å². The maximum absolute atomic E-state index is 12.2. The van der Waals surface area contributed by atoms with Gasteiger partial charge in [0.2, 0.25) is 5.54 Å². The fourth-order valence-electron chi connectivity index (χ4n) is 4.07. The van der Waals surface area contributed by atoms with Crippen LogP contribution in [0.1, 0.15) is 64.0 Å². The minimum Gasteiger partial charge on any atom is -0.444 e. The highest BCUT2D eigenvalue weighted by Gasteiger charge is 2.43. The van der Waals surface area contributed by atoms with Crippen LogP contribution in [0.15, 0.2) is 24.3 Å². The summed E-state index contributed by atoms with van der Waals surface area (Å²) < 4.78 is 5.47. The van der Waals surface area contributed by atoms with Crippen molar-refractivity contribution in [2.24, 2.45) is 5.92 Å². The summed E-state index contributed by atoms with van der Waals surface area (Å²) in [6, 6.07) is 8.87. The first kappa shape index (κ1) is 19.7. The molecule has 0 N–H and O–H groups in total. The third-order valence-corrected chi connectivity index (χ3v) is 5.87. The molecule has 2 aliphatic rings. The van der Waals surface area contributed by atoms with Gasteiger partial charge in [-0.25, -0.2) is 11.4 Å². The van der Waals surface area contributed by atoms with Gasteiger partial charge in [-0.15, -0.1) is 0 Å². The minimum atomic E-state index is -0.430. The third-order valence-electron chi connectivity index (χ3n) is 5.87. The maximum Gasteiger partial charge on any atom is 0.410 e. The molecule has 1 aromatic rings. The van der Waals surface area contributed by atoms with E-state index in [0.717, 1.165) is 51.6 Å². The number of hydrogen-bond acceptors (Lipinski definition) is 2. The third kappa shape index (κ3) is 5.25. The van der Waals surface area contributed by atoms with E-state index in [4.69, 9.17) is 11.3 Å². The standard InChI is InChI=1S/C23H32N2O2/c1-22(2,3)27-21(26)25-14-10-19(11-15-25)16-18-6-8-20(9-7-18)17-23(24-4)12-5-13-23/h6-9,19H,5,10-17H2,1-3H3. The van der Waals surface area contributed by atoms with Gasteiger partial charge < -0.3 is 14.5 Å². The zero-order chi connectivity index (χ0) is 19.5. The van der Waals surface area contributed by atoms with Gasteiger partial charge in [-0.1, -0.05) is 24.3 Å². The molecule has 146 valence electrons. The van der Waals surface area contributed by atoms with Crippen molar-refractivity contribution >= 4 is 6.09 Å². The Balaban J connectivity index is 1.46. The fraction of sp³-hybridized carbons (Fsp3) is 0.652. The average Bonchev–Trinajstić information content (AvgIpc) is 2.59. The first-order valence-electron chi connectivity index (χ1n) is 10.2. The lowest BCUT2D eigenvalue weighted by Crippen LogP contribution is -2.42. The molecular weight excluding hydrogens is 336 g/mol. The van der Waals surface area contributed by atoms with Gasteiger partial charge >= 0.3 is 6.09 Å². The Morgan fingerprint density at radius 2 is 1.78 bits per heavy atom. The van der Waals surface area contributed by atoms with Crippen molar-refractivity contribution in [2.75, 3.05) is 13.1 Å². The second-order valence-corrected chi connectivity index (χ2v) is 9.30. The van der Waals surface area contributed by atoms with Crippen LogP contribution in [0.3, 0.4) is 0 Å². The molecule has 27 heavy (non-hydrogen) atoms. The molecule has 1 saturated carbocycles. The Bertz CT molecular complexity index is 685. The summed E-state index contributed by atoms with van der Waals surface area (Å²) in [6.07, 6.45) is 7.13. The van der Waals surface area contributed by atoms with Crippen LogP contribution in [0.2, 0.25) is 0 Å². The molecule has 0 unspecified atom stereocenters. The van der Waals surface area contributed by atoms with E-state index in [1.165, 1.54) is 17.5 Å². The zero-order valence-electron chi connectivity index (χ0n) is 17.0. The van der Waals surface area contributed by atoms with E-state index >= 15 is 0 Å². The van der Waals surface area contributed by atoms with Crippen molar-refractivity contribution in [2.45, 2.75) is 76.9 Å². The number of benzene rings is 1. The molecule has 1 saturated heterocycles. The lowest BCUT2D eigenvalue weighted by Gasteiger charge is -2.33. The van der Waals surface area contributed by atoms with Crippen LogP contribution in [0.5, 0.6) is 0 Å². The van der Waals surface area contributed by atoms with Crippen molar-refractivity contribution in [3.05, 3.63) is 46.8 Å².